The number of pyridine rings is 1. The molecule has 1 aliphatic carbocycles. The van der Waals surface area contributed by atoms with Crippen LogP contribution < -0.4 is 5.32 Å². The molecule has 0 saturated heterocycles. The SMILES string of the molecule is CCOC(=O)C1(Cc2cc(-c3ccccc3)cc(Nc3ccnn3C(C)(C)C)n2)CCCCC1. The fourth-order valence-electron chi connectivity index (χ4n) is 4.92. The number of carbonyl (C=O) groups excluding carboxylic acids is 1. The first kappa shape index (κ1) is 24.0. The van der Waals surface area contributed by atoms with Gasteiger partial charge in [-0.2, -0.15) is 5.10 Å². The Hall–Kier alpha value is -3.15. The second kappa shape index (κ2) is 10.00. The molecule has 0 radical (unpaired) electrons. The first-order valence-corrected chi connectivity index (χ1v) is 12.4. The summed E-state index contributed by atoms with van der Waals surface area (Å²) in [5.41, 5.74) is 2.43. The average Bonchev–Trinajstić information content (AvgIpc) is 3.29. The van der Waals surface area contributed by atoms with E-state index >= 15 is 0 Å². The Morgan fingerprint density at radius 3 is 2.47 bits per heavy atom. The van der Waals surface area contributed by atoms with Crippen molar-refractivity contribution < 1.29 is 9.53 Å². The maximum Gasteiger partial charge on any atom is 0.312 e. The molecule has 34 heavy (non-hydrogen) atoms. The second-order valence-electron chi connectivity index (χ2n) is 10.3. The summed E-state index contributed by atoms with van der Waals surface area (Å²) in [6.07, 6.45) is 7.35. The number of nitrogens with one attached hydrogen (secondary N) is 1. The zero-order chi connectivity index (χ0) is 24.2. The number of rotatable bonds is 7. The number of hydrogen-bond donors (Lipinski definition) is 1. The smallest absolute Gasteiger partial charge is 0.312 e. The fourth-order valence-corrected chi connectivity index (χ4v) is 4.92. The van der Waals surface area contributed by atoms with Gasteiger partial charge in [0.15, 0.2) is 0 Å². The number of aromatic nitrogens is 3. The third kappa shape index (κ3) is 5.32. The summed E-state index contributed by atoms with van der Waals surface area (Å²) in [5, 5.41) is 7.99. The zero-order valence-corrected chi connectivity index (χ0v) is 20.8. The third-order valence-corrected chi connectivity index (χ3v) is 6.56. The number of benzene rings is 1. The molecule has 1 fully saturated rings. The molecular weight excluding hydrogens is 424 g/mol. The van der Waals surface area contributed by atoms with Gasteiger partial charge in [0.25, 0.3) is 0 Å². The van der Waals surface area contributed by atoms with Gasteiger partial charge in [-0.25, -0.2) is 9.67 Å². The molecule has 1 aliphatic rings. The molecule has 0 spiro atoms. The minimum Gasteiger partial charge on any atom is -0.466 e. The van der Waals surface area contributed by atoms with Gasteiger partial charge >= 0.3 is 5.97 Å². The molecule has 0 unspecified atom stereocenters. The van der Waals surface area contributed by atoms with Crippen molar-refractivity contribution in [3.8, 4) is 11.1 Å². The highest BCUT2D eigenvalue weighted by Crippen LogP contribution is 2.41. The Morgan fingerprint density at radius 2 is 1.79 bits per heavy atom. The highest BCUT2D eigenvalue weighted by atomic mass is 16.5. The van der Waals surface area contributed by atoms with Crippen LogP contribution in [0.2, 0.25) is 0 Å². The Labute approximate surface area is 202 Å². The monoisotopic (exact) mass is 460 g/mol. The average molecular weight is 461 g/mol. The van der Waals surface area contributed by atoms with Crippen molar-refractivity contribution in [2.24, 2.45) is 5.41 Å². The van der Waals surface area contributed by atoms with Crippen LogP contribution in [0.5, 0.6) is 0 Å². The molecular formula is C28H36N4O2. The van der Waals surface area contributed by atoms with Crippen molar-refractivity contribution >= 4 is 17.6 Å². The van der Waals surface area contributed by atoms with Crippen molar-refractivity contribution in [2.75, 3.05) is 11.9 Å². The minimum atomic E-state index is -0.499. The van der Waals surface area contributed by atoms with E-state index in [1.165, 1.54) is 6.42 Å². The summed E-state index contributed by atoms with van der Waals surface area (Å²) in [6, 6.07) is 16.5. The summed E-state index contributed by atoms with van der Waals surface area (Å²) in [7, 11) is 0. The molecule has 6 nitrogen and oxygen atoms in total. The molecule has 1 N–H and O–H groups in total. The summed E-state index contributed by atoms with van der Waals surface area (Å²) in [5.74, 6) is 1.55. The topological polar surface area (TPSA) is 69.0 Å². The number of carbonyl (C=O) groups is 1. The van der Waals surface area contributed by atoms with E-state index in [-0.39, 0.29) is 11.5 Å². The van der Waals surface area contributed by atoms with E-state index in [9.17, 15) is 4.79 Å². The van der Waals surface area contributed by atoms with Crippen LogP contribution in [0, 0.1) is 5.41 Å². The normalized spacial score (nSPS) is 15.6. The largest absolute Gasteiger partial charge is 0.466 e. The standard InChI is InChI=1S/C28H36N4O2/c1-5-34-26(33)28(15-10-7-11-16-28)20-23-18-22(21-12-8-6-9-13-21)19-24(30-23)31-25-14-17-29-32(25)27(2,3)4/h6,8-9,12-14,17-19H,5,7,10-11,15-16,20H2,1-4H3,(H,30,31). The van der Waals surface area contributed by atoms with Crippen molar-refractivity contribution in [2.45, 2.75) is 71.8 Å². The maximum absolute atomic E-state index is 13.1. The fraction of sp³-hybridized carbons (Fsp3) is 0.464. The van der Waals surface area contributed by atoms with E-state index in [2.05, 4.69) is 55.5 Å². The van der Waals surface area contributed by atoms with Crippen LogP contribution in [0.3, 0.4) is 0 Å². The first-order chi connectivity index (χ1) is 16.3. The molecule has 6 heteroatoms. The Kier molecular flexibility index (Phi) is 7.05. The van der Waals surface area contributed by atoms with Crippen molar-refractivity contribution in [1.29, 1.82) is 0 Å². The quantitative estimate of drug-likeness (QED) is 0.408. The number of anilines is 2. The van der Waals surface area contributed by atoms with E-state index in [0.29, 0.717) is 13.0 Å². The van der Waals surface area contributed by atoms with Gasteiger partial charge < -0.3 is 10.1 Å². The van der Waals surface area contributed by atoms with E-state index in [0.717, 1.165) is 54.1 Å². The molecule has 4 rings (SSSR count). The van der Waals surface area contributed by atoms with Crippen LogP contribution in [0.15, 0.2) is 54.7 Å². The third-order valence-electron chi connectivity index (χ3n) is 6.56. The zero-order valence-electron chi connectivity index (χ0n) is 20.8. The van der Waals surface area contributed by atoms with Crippen LogP contribution in [-0.4, -0.2) is 27.3 Å². The molecule has 1 saturated carbocycles. The van der Waals surface area contributed by atoms with Gasteiger partial charge in [-0.1, -0.05) is 49.6 Å². The van der Waals surface area contributed by atoms with Gasteiger partial charge in [-0.05, 0) is 63.8 Å². The number of esters is 1. The molecule has 180 valence electrons. The number of ether oxygens (including phenoxy) is 1. The predicted molar refractivity (Wildman–Crippen MR) is 136 cm³/mol. The maximum atomic E-state index is 13.1. The van der Waals surface area contributed by atoms with E-state index in [1.54, 1.807) is 6.20 Å². The number of nitrogens with zero attached hydrogens (tertiary/aromatic N) is 3. The van der Waals surface area contributed by atoms with Crippen LogP contribution in [0.4, 0.5) is 11.6 Å². The lowest BCUT2D eigenvalue weighted by Gasteiger charge is -2.34. The molecule has 0 amide bonds. The lowest BCUT2D eigenvalue weighted by molar-refractivity contribution is -0.157. The van der Waals surface area contributed by atoms with Crippen LogP contribution in [0.25, 0.3) is 11.1 Å². The lowest BCUT2D eigenvalue weighted by atomic mass is 9.71. The van der Waals surface area contributed by atoms with Gasteiger partial charge in [-0.15, -0.1) is 0 Å². The van der Waals surface area contributed by atoms with E-state index in [4.69, 9.17) is 9.72 Å². The van der Waals surface area contributed by atoms with Gasteiger partial charge in [0.05, 0.1) is 23.8 Å². The van der Waals surface area contributed by atoms with Crippen LogP contribution in [0.1, 0.15) is 65.5 Å². The van der Waals surface area contributed by atoms with Gasteiger partial charge in [0.1, 0.15) is 11.6 Å². The van der Waals surface area contributed by atoms with E-state index < -0.39 is 5.41 Å². The van der Waals surface area contributed by atoms with Gasteiger partial charge in [-0.3, -0.25) is 4.79 Å². The van der Waals surface area contributed by atoms with Crippen LogP contribution in [-0.2, 0) is 21.5 Å². The highest BCUT2D eigenvalue weighted by Gasteiger charge is 2.41. The Morgan fingerprint density at radius 1 is 1.06 bits per heavy atom. The second-order valence-corrected chi connectivity index (χ2v) is 10.3. The van der Waals surface area contributed by atoms with Crippen molar-refractivity contribution in [3.05, 3.63) is 60.4 Å². The lowest BCUT2D eigenvalue weighted by Crippen LogP contribution is -2.37. The molecule has 2 aromatic heterocycles. The molecule has 0 aliphatic heterocycles. The summed E-state index contributed by atoms with van der Waals surface area (Å²) in [4.78, 5) is 18.1. The van der Waals surface area contributed by atoms with E-state index in [1.807, 2.05) is 35.9 Å². The Bertz CT molecular complexity index is 1110. The molecule has 1 aromatic carbocycles. The highest BCUT2D eigenvalue weighted by molar-refractivity contribution is 5.77. The summed E-state index contributed by atoms with van der Waals surface area (Å²) < 4.78 is 7.51. The predicted octanol–water partition coefficient (Wildman–Crippen LogP) is 6.50. The van der Waals surface area contributed by atoms with Crippen molar-refractivity contribution in [1.82, 2.24) is 14.8 Å². The Balaban J connectivity index is 1.73. The number of hydrogen-bond acceptors (Lipinski definition) is 5. The van der Waals surface area contributed by atoms with Gasteiger partial charge in [0.2, 0.25) is 0 Å². The first-order valence-electron chi connectivity index (χ1n) is 12.4. The molecule has 0 bridgehead atoms. The summed E-state index contributed by atoms with van der Waals surface area (Å²) >= 11 is 0. The van der Waals surface area contributed by atoms with Crippen molar-refractivity contribution in [3.63, 3.8) is 0 Å². The minimum absolute atomic E-state index is 0.0815. The molecule has 3 aromatic rings. The van der Waals surface area contributed by atoms with Gasteiger partial charge in [0, 0.05) is 18.2 Å². The molecule has 2 heterocycles. The molecule has 0 atom stereocenters. The van der Waals surface area contributed by atoms with Crippen LogP contribution >= 0.6 is 0 Å². The summed E-state index contributed by atoms with van der Waals surface area (Å²) in [6.45, 7) is 8.65.